The van der Waals surface area contributed by atoms with Crippen molar-refractivity contribution in [1.82, 2.24) is 14.9 Å². The molecule has 148 valence electrons. The largest absolute Gasteiger partial charge is 0.356 e. The number of rotatable bonds is 3. The minimum atomic E-state index is 0.137. The van der Waals surface area contributed by atoms with E-state index in [2.05, 4.69) is 31.9 Å². The van der Waals surface area contributed by atoms with Crippen molar-refractivity contribution in [2.45, 2.75) is 33.1 Å². The van der Waals surface area contributed by atoms with Crippen LogP contribution in [0.15, 0.2) is 30.6 Å². The van der Waals surface area contributed by atoms with Gasteiger partial charge in [0.15, 0.2) is 0 Å². The number of anilines is 2. The number of nitrogens with zero attached hydrogens (tertiary/aromatic N) is 5. The molecular weight excluding hydrogens is 350 g/mol. The minimum absolute atomic E-state index is 0.137. The highest BCUT2D eigenvalue weighted by Gasteiger charge is 2.24. The highest BCUT2D eigenvalue weighted by Crippen LogP contribution is 2.22. The van der Waals surface area contributed by atoms with Gasteiger partial charge >= 0.3 is 0 Å². The Morgan fingerprint density at radius 1 is 0.821 bits per heavy atom. The van der Waals surface area contributed by atoms with Crippen LogP contribution in [0.1, 0.15) is 40.7 Å². The van der Waals surface area contributed by atoms with Crippen molar-refractivity contribution in [1.29, 1.82) is 0 Å². The maximum absolute atomic E-state index is 13.0. The Bertz CT molecular complexity index is 839. The number of carbonyl (C=O) groups excluding carboxylic acids is 1. The average molecular weight is 380 g/mol. The second-order valence-corrected chi connectivity index (χ2v) is 7.88. The molecule has 0 N–H and O–H groups in total. The number of amides is 1. The third-order valence-corrected chi connectivity index (χ3v) is 5.83. The lowest BCUT2D eigenvalue weighted by Gasteiger charge is -2.36. The molecular formula is C22H29N5O. The van der Waals surface area contributed by atoms with Crippen molar-refractivity contribution in [3.63, 3.8) is 0 Å². The first-order chi connectivity index (χ1) is 13.6. The molecule has 0 radical (unpaired) electrons. The van der Waals surface area contributed by atoms with E-state index in [0.29, 0.717) is 0 Å². The van der Waals surface area contributed by atoms with E-state index in [-0.39, 0.29) is 5.91 Å². The fourth-order valence-corrected chi connectivity index (χ4v) is 4.08. The van der Waals surface area contributed by atoms with Crippen LogP contribution < -0.4 is 9.80 Å². The number of carbonyl (C=O) groups is 1. The fourth-order valence-electron chi connectivity index (χ4n) is 4.08. The van der Waals surface area contributed by atoms with E-state index in [4.69, 9.17) is 0 Å². The SMILES string of the molecule is Cc1ccc(C)c(C(=O)N2CCN(c3cc(N4CCCCC4)ncn3)CC2)c1. The molecule has 2 aliphatic heterocycles. The van der Waals surface area contributed by atoms with Crippen molar-refractivity contribution in [2.75, 3.05) is 49.1 Å². The average Bonchev–Trinajstić information content (AvgIpc) is 2.76. The highest BCUT2D eigenvalue weighted by atomic mass is 16.2. The van der Waals surface area contributed by atoms with Crippen LogP contribution in [-0.2, 0) is 0 Å². The molecule has 0 unspecified atom stereocenters. The van der Waals surface area contributed by atoms with Crippen molar-refractivity contribution in [3.05, 3.63) is 47.3 Å². The Morgan fingerprint density at radius 2 is 1.46 bits per heavy atom. The molecule has 6 heteroatoms. The van der Waals surface area contributed by atoms with Crippen LogP contribution in [0.2, 0.25) is 0 Å². The fraction of sp³-hybridized carbons (Fsp3) is 0.500. The van der Waals surface area contributed by atoms with Gasteiger partial charge in [0.25, 0.3) is 5.91 Å². The molecule has 0 spiro atoms. The number of piperazine rings is 1. The lowest BCUT2D eigenvalue weighted by atomic mass is 10.0. The van der Waals surface area contributed by atoms with E-state index >= 15 is 0 Å². The Labute approximate surface area is 167 Å². The zero-order valence-electron chi connectivity index (χ0n) is 16.9. The molecule has 2 fully saturated rings. The lowest BCUT2D eigenvalue weighted by Crippen LogP contribution is -2.49. The number of hydrogen-bond acceptors (Lipinski definition) is 5. The molecule has 0 aliphatic carbocycles. The first-order valence-corrected chi connectivity index (χ1v) is 10.3. The Morgan fingerprint density at radius 3 is 2.14 bits per heavy atom. The van der Waals surface area contributed by atoms with Gasteiger partial charge in [-0.1, -0.05) is 17.7 Å². The van der Waals surface area contributed by atoms with Crippen LogP contribution >= 0.6 is 0 Å². The molecule has 3 heterocycles. The monoisotopic (exact) mass is 379 g/mol. The molecule has 4 rings (SSSR count). The molecule has 6 nitrogen and oxygen atoms in total. The van der Waals surface area contributed by atoms with Gasteiger partial charge in [0, 0.05) is 50.9 Å². The summed E-state index contributed by atoms with van der Waals surface area (Å²) in [5.41, 5.74) is 2.99. The molecule has 0 saturated carbocycles. The van der Waals surface area contributed by atoms with E-state index in [1.807, 2.05) is 30.9 Å². The van der Waals surface area contributed by atoms with Gasteiger partial charge in [0.1, 0.15) is 18.0 Å². The van der Waals surface area contributed by atoms with Crippen LogP contribution in [0.25, 0.3) is 0 Å². The molecule has 1 aromatic heterocycles. The summed E-state index contributed by atoms with van der Waals surface area (Å²) in [4.78, 5) is 28.5. The van der Waals surface area contributed by atoms with Gasteiger partial charge in [0.05, 0.1) is 0 Å². The summed E-state index contributed by atoms with van der Waals surface area (Å²) in [7, 11) is 0. The summed E-state index contributed by atoms with van der Waals surface area (Å²) < 4.78 is 0. The smallest absolute Gasteiger partial charge is 0.254 e. The minimum Gasteiger partial charge on any atom is -0.356 e. The summed E-state index contributed by atoms with van der Waals surface area (Å²) in [6.45, 7) is 9.23. The maximum atomic E-state index is 13.0. The second kappa shape index (κ2) is 8.17. The number of aromatic nitrogens is 2. The van der Waals surface area contributed by atoms with E-state index in [1.165, 1.54) is 19.3 Å². The Kier molecular flexibility index (Phi) is 5.46. The van der Waals surface area contributed by atoms with E-state index in [0.717, 1.165) is 67.6 Å². The van der Waals surface area contributed by atoms with Gasteiger partial charge in [-0.25, -0.2) is 9.97 Å². The molecule has 0 bridgehead atoms. The van der Waals surface area contributed by atoms with Crippen molar-refractivity contribution in [2.24, 2.45) is 0 Å². The predicted molar refractivity (Wildman–Crippen MR) is 112 cm³/mol. The topological polar surface area (TPSA) is 52.6 Å². The number of benzene rings is 1. The molecule has 28 heavy (non-hydrogen) atoms. The zero-order valence-corrected chi connectivity index (χ0v) is 16.9. The van der Waals surface area contributed by atoms with Crippen LogP contribution in [0.4, 0.5) is 11.6 Å². The van der Waals surface area contributed by atoms with Crippen LogP contribution in [-0.4, -0.2) is 60.0 Å². The van der Waals surface area contributed by atoms with E-state index < -0.39 is 0 Å². The van der Waals surface area contributed by atoms with Crippen molar-refractivity contribution >= 4 is 17.5 Å². The second-order valence-electron chi connectivity index (χ2n) is 7.88. The summed E-state index contributed by atoms with van der Waals surface area (Å²) in [5, 5.41) is 0. The first-order valence-electron chi connectivity index (χ1n) is 10.3. The van der Waals surface area contributed by atoms with Crippen molar-refractivity contribution in [3.8, 4) is 0 Å². The van der Waals surface area contributed by atoms with Gasteiger partial charge in [0.2, 0.25) is 0 Å². The van der Waals surface area contributed by atoms with Crippen LogP contribution in [0.3, 0.4) is 0 Å². The Hall–Kier alpha value is -2.63. The predicted octanol–water partition coefficient (Wildman–Crippen LogP) is 3.05. The van der Waals surface area contributed by atoms with Crippen LogP contribution in [0.5, 0.6) is 0 Å². The van der Waals surface area contributed by atoms with Crippen molar-refractivity contribution < 1.29 is 4.79 Å². The summed E-state index contributed by atoms with van der Waals surface area (Å²) in [5.74, 6) is 2.13. The number of piperidine rings is 1. The van der Waals surface area contributed by atoms with Gasteiger partial charge in [-0.2, -0.15) is 0 Å². The normalized spacial score (nSPS) is 17.7. The first kappa shape index (κ1) is 18.7. The van der Waals surface area contributed by atoms with Gasteiger partial charge < -0.3 is 14.7 Å². The highest BCUT2D eigenvalue weighted by molar-refractivity contribution is 5.96. The van der Waals surface area contributed by atoms with Gasteiger partial charge in [-0.3, -0.25) is 4.79 Å². The zero-order chi connectivity index (χ0) is 19.5. The summed E-state index contributed by atoms with van der Waals surface area (Å²) >= 11 is 0. The standard InChI is InChI=1S/C22H29N5O/c1-17-6-7-18(2)19(14-17)22(28)27-12-10-26(11-13-27)21-15-20(23-16-24-21)25-8-4-3-5-9-25/h6-7,14-16H,3-5,8-13H2,1-2H3. The molecule has 1 amide bonds. The molecule has 2 saturated heterocycles. The van der Waals surface area contributed by atoms with Crippen LogP contribution in [0, 0.1) is 13.8 Å². The van der Waals surface area contributed by atoms with Gasteiger partial charge in [-0.15, -0.1) is 0 Å². The Balaban J connectivity index is 1.41. The third-order valence-electron chi connectivity index (χ3n) is 5.83. The third kappa shape index (κ3) is 3.96. The lowest BCUT2D eigenvalue weighted by molar-refractivity contribution is 0.0745. The van der Waals surface area contributed by atoms with E-state index in [1.54, 1.807) is 6.33 Å². The maximum Gasteiger partial charge on any atom is 0.254 e. The molecule has 0 atom stereocenters. The summed E-state index contributed by atoms with van der Waals surface area (Å²) in [6, 6.07) is 8.19. The number of aryl methyl sites for hydroxylation is 2. The molecule has 1 aromatic carbocycles. The molecule has 2 aliphatic rings. The van der Waals surface area contributed by atoms with E-state index in [9.17, 15) is 4.79 Å². The quantitative estimate of drug-likeness (QED) is 0.820. The number of hydrogen-bond donors (Lipinski definition) is 0. The summed E-state index contributed by atoms with van der Waals surface area (Å²) in [6.07, 6.45) is 5.45. The molecule has 2 aromatic rings. The van der Waals surface area contributed by atoms with Gasteiger partial charge in [-0.05, 0) is 44.7 Å².